The zero-order chi connectivity index (χ0) is 12.2. The minimum atomic E-state index is -0.399. The molecular formula is C12H24N2O2. The Morgan fingerprint density at radius 2 is 1.94 bits per heavy atom. The average molecular weight is 228 g/mol. The van der Waals surface area contributed by atoms with Gasteiger partial charge in [0, 0.05) is 26.3 Å². The van der Waals surface area contributed by atoms with E-state index >= 15 is 0 Å². The van der Waals surface area contributed by atoms with Gasteiger partial charge in [-0.15, -0.1) is 0 Å². The van der Waals surface area contributed by atoms with Gasteiger partial charge in [-0.05, 0) is 18.3 Å². The fraction of sp³-hybridized carbons (Fsp3) is 0.917. The van der Waals surface area contributed by atoms with Crippen molar-refractivity contribution < 1.29 is 9.53 Å². The van der Waals surface area contributed by atoms with Gasteiger partial charge in [-0.2, -0.15) is 0 Å². The highest BCUT2D eigenvalue weighted by molar-refractivity contribution is 5.83. The summed E-state index contributed by atoms with van der Waals surface area (Å²) in [5.74, 6) is 0.0909. The van der Waals surface area contributed by atoms with Crippen LogP contribution in [0.4, 0.5) is 0 Å². The summed E-state index contributed by atoms with van der Waals surface area (Å²) < 4.78 is 5.29. The van der Waals surface area contributed by atoms with Crippen molar-refractivity contribution in [1.29, 1.82) is 0 Å². The van der Waals surface area contributed by atoms with E-state index in [9.17, 15) is 4.79 Å². The molecule has 4 nitrogen and oxygen atoms in total. The first-order chi connectivity index (χ1) is 7.40. The Kier molecular flexibility index (Phi) is 4.33. The van der Waals surface area contributed by atoms with Crippen LogP contribution in [0.25, 0.3) is 0 Å². The second kappa shape index (κ2) is 5.15. The van der Waals surface area contributed by atoms with Crippen LogP contribution < -0.4 is 11.1 Å². The Morgan fingerprint density at radius 3 is 2.38 bits per heavy atom. The van der Waals surface area contributed by atoms with Gasteiger partial charge in [0.05, 0.1) is 5.41 Å². The molecule has 1 rings (SSSR count). The maximum atomic E-state index is 12.2. The summed E-state index contributed by atoms with van der Waals surface area (Å²) in [6.45, 7) is 8.69. The zero-order valence-electron chi connectivity index (χ0n) is 10.6. The van der Waals surface area contributed by atoms with Gasteiger partial charge in [0.15, 0.2) is 0 Å². The maximum Gasteiger partial charge on any atom is 0.227 e. The van der Waals surface area contributed by atoms with E-state index in [0.717, 1.165) is 12.8 Å². The molecule has 0 spiro atoms. The molecule has 1 saturated heterocycles. The van der Waals surface area contributed by atoms with Crippen LogP contribution >= 0.6 is 0 Å². The van der Waals surface area contributed by atoms with Crippen molar-refractivity contribution in [3.63, 3.8) is 0 Å². The molecule has 3 N–H and O–H groups in total. The molecule has 4 heteroatoms. The quantitative estimate of drug-likeness (QED) is 0.754. The monoisotopic (exact) mass is 228 g/mol. The number of rotatable bonds is 3. The lowest BCUT2D eigenvalue weighted by atomic mass is 9.79. The standard InChI is InChI=1S/C12H24N2O2/c1-11(2,3)9-14-10(15)12(8-13)4-6-16-7-5-12/h4-9,13H2,1-3H3,(H,14,15). The van der Waals surface area contributed by atoms with E-state index in [4.69, 9.17) is 10.5 Å². The van der Waals surface area contributed by atoms with Gasteiger partial charge >= 0.3 is 0 Å². The summed E-state index contributed by atoms with van der Waals surface area (Å²) in [7, 11) is 0. The summed E-state index contributed by atoms with van der Waals surface area (Å²) in [5, 5.41) is 3.01. The van der Waals surface area contributed by atoms with Gasteiger partial charge in [-0.25, -0.2) is 0 Å². The Balaban J connectivity index is 2.55. The van der Waals surface area contributed by atoms with Gasteiger partial charge in [0.25, 0.3) is 0 Å². The van der Waals surface area contributed by atoms with Crippen molar-refractivity contribution in [3.8, 4) is 0 Å². The van der Waals surface area contributed by atoms with Gasteiger partial charge in [-0.3, -0.25) is 4.79 Å². The van der Waals surface area contributed by atoms with Crippen molar-refractivity contribution in [2.45, 2.75) is 33.6 Å². The number of amides is 1. The minimum absolute atomic E-state index is 0.0909. The first kappa shape index (κ1) is 13.5. The van der Waals surface area contributed by atoms with Crippen LogP contribution in [0.3, 0.4) is 0 Å². The molecule has 0 aliphatic carbocycles. The van der Waals surface area contributed by atoms with Crippen LogP contribution in [0.1, 0.15) is 33.6 Å². The van der Waals surface area contributed by atoms with E-state index in [2.05, 4.69) is 26.1 Å². The number of nitrogens with two attached hydrogens (primary N) is 1. The third-order valence-electron chi connectivity index (χ3n) is 3.10. The number of hydrogen-bond donors (Lipinski definition) is 2. The van der Waals surface area contributed by atoms with E-state index in [-0.39, 0.29) is 11.3 Å². The number of hydrogen-bond acceptors (Lipinski definition) is 3. The summed E-state index contributed by atoms with van der Waals surface area (Å²) in [4.78, 5) is 12.2. The lowest BCUT2D eigenvalue weighted by Gasteiger charge is -2.35. The predicted molar refractivity (Wildman–Crippen MR) is 64.0 cm³/mol. The number of carbonyl (C=O) groups is 1. The highest BCUT2D eigenvalue weighted by Gasteiger charge is 2.38. The molecule has 94 valence electrons. The second-order valence-electron chi connectivity index (χ2n) is 5.84. The minimum Gasteiger partial charge on any atom is -0.381 e. The van der Waals surface area contributed by atoms with Gasteiger partial charge in [0.2, 0.25) is 5.91 Å². The fourth-order valence-electron chi connectivity index (χ4n) is 1.82. The molecule has 0 aromatic carbocycles. The lowest BCUT2D eigenvalue weighted by Crippen LogP contribution is -2.50. The third kappa shape index (κ3) is 3.46. The number of ether oxygens (including phenoxy) is 1. The molecule has 1 fully saturated rings. The van der Waals surface area contributed by atoms with Crippen LogP contribution in [0, 0.1) is 10.8 Å². The lowest BCUT2D eigenvalue weighted by molar-refractivity contribution is -0.136. The SMILES string of the molecule is CC(C)(C)CNC(=O)C1(CN)CCOCC1. The van der Waals surface area contributed by atoms with Gasteiger partial charge in [-0.1, -0.05) is 20.8 Å². The molecule has 1 heterocycles. The zero-order valence-corrected chi connectivity index (χ0v) is 10.6. The van der Waals surface area contributed by atoms with Crippen LogP contribution in [0.5, 0.6) is 0 Å². The Labute approximate surface area is 97.9 Å². The molecule has 0 bridgehead atoms. The first-order valence-corrected chi connectivity index (χ1v) is 5.96. The second-order valence-corrected chi connectivity index (χ2v) is 5.84. The molecule has 1 aliphatic heterocycles. The van der Waals surface area contributed by atoms with E-state index in [1.54, 1.807) is 0 Å². The van der Waals surface area contributed by atoms with Crippen molar-refractivity contribution in [2.24, 2.45) is 16.6 Å². The van der Waals surface area contributed by atoms with Crippen molar-refractivity contribution in [2.75, 3.05) is 26.3 Å². The highest BCUT2D eigenvalue weighted by atomic mass is 16.5. The predicted octanol–water partition coefficient (Wildman–Crippen LogP) is 0.904. The number of carbonyl (C=O) groups excluding carboxylic acids is 1. The van der Waals surface area contributed by atoms with Gasteiger partial charge in [0.1, 0.15) is 0 Å². The molecule has 0 saturated carbocycles. The summed E-state index contributed by atoms with van der Waals surface area (Å²) >= 11 is 0. The van der Waals surface area contributed by atoms with Crippen LogP contribution in [0.2, 0.25) is 0 Å². The summed E-state index contributed by atoms with van der Waals surface area (Å²) in [6, 6.07) is 0. The van der Waals surface area contributed by atoms with Crippen LogP contribution in [0.15, 0.2) is 0 Å². The molecule has 0 radical (unpaired) electrons. The molecule has 16 heavy (non-hydrogen) atoms. The first-order valence-electron chi connectivity index (χ1n) is 5.96. The normalized spacial score (nSPS) is 20.5. The summed E-state index contributed by atoms with van der Waals surface area (Å²) in [5.41, 5.74) is 5.47. The van der Waals surface area contributed by atoms with Crippen molar-refractivity contribution in [3.05, 3.63) is 0 Å². The third-order valence-corrected chi connectivity index (χ3v) is 3.10. The topological polar surface area (TPSA) is 64.4 Å². The highest BCUT2D eigenvalue weighted by Crippen LogP contribution is 2.29. The maximum absolute atomic E-state index is 12.2. The fourth-order valence-corrected chi connectivity index (χ4v) is 1.82. The van der Waals surface area contributed by atoms with E-state index in [0.29, 0.717) is 26.3 Å². The Hall–Kier alpha value is -0.610. The molecule has 0 atom stereocenters. The summed E-state index contributed by atoms with van der Waals surface area (Å²) in [6.07, 6.45) is 1.47. The van der Waals surface area contributed by atoms with E-state index in [1.165, 1.54) is 0 Å². The van der Waals surface area contributed by atoms with E-state index < -0.39 is 5.41 Å². The van der Waals surface area contributed by atoms with Crippen molar-refractivity contribution in [1.82, 2.24) is 5.32 Å². The largest absolute Gasteiger partial charge is 0.381 e. The number of nitrogens with one attached hydrogen (secondary N) is 1. The molecule has 0 aromatic heterocycles. The Bertz CT molecular complexity index is 240. The smallest absolute Gasteiger partial charge is 0.227 e. The molecule has 0 aromatic rings. The molecule has 0 unspecified atom stereocenters. The van der Waals surface area contributed by atoms with E-state index in [1.807, 2.05) is 0 Å². The van der Waals surface area contributed by atoms with Crippen LogP contribution in [-0.2, 0) is 9.53 Å². The molecule has 1 aliphatic rings. The molecular weight excluding hydrogens is 204 g/mol. The van der Waals surface area contributed by atoms with Crippen LogP contribution in [-0.4, -0.2) is 32.2 Å². The average Bonchev–Trinajstić information content (AvgIpc) is 2.25. The molecule has 1 amide bonds. The van der Waals surface area contributed by atoms with Gasteiger partial charge < -0.3 is 15.8 Å². The Morgan fingerprint density at radius 1 is 1.38 bits per heavy atom. The van der Waals surface area contributed by atoms with Crippen molar-refractivity contribution >= 4 is 5.91 Å².